The van der Waals surface area contributed by atoms with Crippen LogP contribution in [0.3, 0.4) is 0 Å². The quantitative estimate of drug-likeness (QED) is 0.754. The lowest BCUT2D eigenvalue weighted by Gasteiger charge is -2.20. The van der Waals surface area contributed by atoms with Crippen LogP contribution in [0, 0.1) is 6.92 Å². The van der Waals surface area contributed by atoms with Gasteiger partial charge in [0.15, 0.2) is 0 Å². The van der Waals surface area contributed by atoms with E-state index in [1.54, 1.807) is 0 Å². The minimum absolute atomic E-state index is 0.783. The van der Waals surface area contributed by atoms with Gasteiger partial charge in [0.05, 0.1) is 4.58 Å². The molecule has 1 aliphatic heterocycles. The number of aryl methyl sites for hydroxylation is 1. The van der Waals surface area contributed by atoms with Crippen LogP contribution in [0.5, 0.6) is 0 Å². The van der Waals surface area contributed by atoms with Crippen molar-refractivity contribution in [1.29, 1.82) is 0 Å². The maximum Gasteiger partial charge on any atom is 0.0539 e. The molecule has 0 saturated carbocycles. The Morgan fingerprint density at radius 1 is 1.24 bits per heavy atom. The zero-order chi connectivity index (χ0) is 12.1. The molecule has 2 rings (SSSR count). The second-order valence-electron chi connectivity index (χ2n) is 4.63. The first-order valence-corrected chi connectivity index (χ1v) is 8.31. The molecule has 0 N–H and O–H groups in total. The Labute approximate surface area is 113 Å². The van der Waals surface area contributed by atoms with Crippen LogP contribution >= 0.6 is 23.5 Å². The summed E-state index contributed by atoms with van der Waals surface area (Å²) in [4.78, 5) is 0. The van der Waals surface area contributed by atoms with Gasteiger partial charge in [-0.05, 0) is 43.8 Å². The van der Waals surface area contributed by atoms with Gasteiger partial charge in [-0.1, -0.05) is 41.5 Å². The summed E-state index contributed by atoms with van der Waals surface area (Å²) in [5.41, 5.74) is 4.16. The van der Waals surface area contributed by atoms with Crippen LogP contribution in [0.25, 0.3) is 6.08 Å². The topological polar surface area (TPSA) is 0 Å². The Balaban J connectivity index is 1.93. The van der Waals surface area contributed by atoms with Gasteiger partial charge in [-0.15, -0.1) is 23.5 Å². The smallest absolute Gasteiger partial charge is 0.0539 e. The van der Waals surface area contributed by atoms with Gasteiger partial charge in [-0.2, -0.15) is 0 Å². The maximum absolute atomic E-state index is 2.33. The predicted molar refractivity (Wildman–Crippen MR) is 82.8 cm³/mol. The summed E-state index contributed by atoms with van der Waals surface area (Å²) in [5.74, 6) is 2.69. The van der Waals surface area contributed by atoms with Crippen molar-refractivity contribution < 1.29 is 0 Å². The Bertz CT molecular complexity index is 372. The molecule has 1 fully saturated rings. The van der Waals surface area contributed by atoms with Crippen LogP contribution < -0.4 is 0 Å². The number of allylic oxidation sites excluding steroid dienone is 1. The summed E-state index contributed by atoms with van der Waals surface area (Å²) in [5, 5.41) is 0. The molecule has 0 aromatic heterocycles. The van der Waals surface area contributed by atoms with E-state index in [0.29, 0.717) is 0 Å². The predicted octanol–water partition coefficient (Wildman–Crippen LogP) is 4.98. The van der Waals surface area contributed by atoms with Gasteiger partial charge in [-0.25, -0.2) is 0 Å². The van der Waals surface area contributed by atoms with Gasteiger partial charge >= 0.3 is 0 Å². The number of rotatable bonds is 3. The highest BCUT2D eigenvalue weighted by molar-refractivity contribution is 8.17. The molecule has 1 aromatic carbocycles. The SMILES string of the molecule is CC(=Cc1ccc(C)cc1)CC1SCCCS1. The molecule has 0 spiro atoms. The largest absolute Gasteiger partial charge is 0.147 e. The molecule has 0 amide bonds. The van der Waals surface area contributed by atoms with Crippen molar-refractivity contribution in [3.63, 3.8) is 0 Å². The highest BCUT2D eigenvalue weighted by atomic mass is 32.2. The molecular formula is C15H20S2. The number of hydrogen-bond acceptors (Lipinski definition) is 2. The van der Waals surface area contributed by atoms with E-state index >= 15 is 0 Å². The molecule has 0 aliphatic carbocycles. The van der Waals surface area contributed by atoms with E-state index in [-0.39, 0.29) is 0 Å². The first-order chi connectivity index (χ1) is 8.24. The van der Waals surface area contributed by atoms with Crippen molar-refractivity contribution in [1.82, 2.24) is 0 Å². The van der Waals surface area contributed by atoms with Gasteiger partial charge in [0.2, 0.25) is 0 Å². The van der Waals surface area contributed by atoms with Crippen molar-refractivity contribution in [3.05, 3.63) is 41.0 Å². The molecule has 1 aromatic rings. The molecule has 0 radical (unpaired) electrons. The fourth-order valence-electron chi connectivity index (χ4n) is 1.92. The molecule has 1 aliphatic rings. The summed E-state index contributed by atoms with van der Waals surface area (Å²) in [7, 11) is 0. The highest BCUT2D eigenvalue weighted by Crippen LogP contribution is 2.35. The van der Waals surface area contributed by atoms with Crippen LogP contribution in [-0.4, -0.2) is 16.1 Å². The summed E-state index contributed by atoms with van der Waals surface area (Å²) >= 11 is 4.25. The van der Waals surface area contributed by atoms with Gasteiger partial charge in [0, 0.05) is 0 Å². The second-order valence-corrected chi connectivity index (χ2v) is 7.55. The average molecular weight is 264 g/mol. The second kappa shape index (κ2) is 6.55. The van der Waals surface area contributed by atoms with Crippen LogP contribution in [0.2, 0.25) is 0 Å². The normalized spacial score (nSPS) is 18.4. The van der Waals surface area contributed by atoms with E-state index in [9.17, 15) is 0 Å². The summed E-state index contributed by atoms with van der Waals surface area (Å²) in [6.45, 7) is 4.39. The number of hydrogen-bond donors (Lipinski definition) is 0. The number of benzene rings is 1. The van der Waals surface area contributed by atoms with Crippen molar-refractivity contribution in [2.24, 2.45) is 0 Å². The number of thioether (sulfide) groups is 2. The summed E-state index contributed by atoms with van der Waals surface area (Å²) < 4.78 is 0.783. The third kappa shape index (κ3) is 4.44. The third-order valence-corrected chi connectivity index (χ3v) is 5.82. The molecule has 17 heavy (non-hydrogen) atoms. The van der Waals surface area contributed by atoms with E-state index in [4.69, 9.17) is 0 Å². The van der Waals surface area contributed by atoms with E-state index in [2.05, 4.69) is 67.7 Å². The van der Waals surface area contributed by atoms with Crippen LogP contribution in [0.4, 0.5) is 0 Å². The molecule has 92 valence electrons. The molecule has 0 nitrogen and oxygen atoms in total. The first-order valence-electron chi connectivity index (χ1n) is 6.21. The van der Waals surface area contributed by atoms with Crippen molar-refractivity contribution in [2.75, 3.05) is 11.5 Å². The fraction of sp³-hybridized carbons (Fsp3) is 0.467. The third-order valence-electron chi connectivity index (χ3n) is 2.88. The molecule has 0 unspecified atom stereocenters. The zero-order valence-corrected chi connectivity index (χ0v) is 12.2. The Hall–Kier alpha value is -0.340. The summed E-state index contributed by atoms with van der Waals surface area (Å²) in [6.07, 6.45) is 4.94. The highest BCUT2D eigenvalue weighted by Gasteiger charge is 2.14. The lowest BCUT2D eigenvalue weighted by Crippen LogP contribution is -2.06. The van der Waals surface area contributed by atoms with Crippen molar-refractivity contribution in [2.45, 2.75) is 31.3 Å². The first kappa shape index (κ1) is 13.1. The zero-order valence-electron chi connectivity index (χ0n) is 10.6. The molecule has 2 heteroatoms. The Kier molecular flexibility index (Phi) is 5.05. The lowest BCUT2D eigenvalue weighted by atomic mass is 10.1. The Morgan fingerprint density at radius 3 is 2.53 bits per heavy atom. The molecule has 1 saturated heterocycles. The van der Waals surface area contributed by atoms with E-state index < -0.39 is 0 Å². The Morgan fingerprint density at radius 2 is 1.88 bits per heavy atom. The standard InChI is InChI=1S/C15H20S2/c1-12-4-6-14(7-5-12)10-13(2)11-15-16-8-3-9-17-15/h4-7,10,15H,3,8-9,11H2,1-2H3. The van der Waals surface area contributed by atoms with Gasteiger partial charge in [-0.3, -0.25) is 0 Å². The van der Waals surface area contributed by atoms with Crippen molar-refractivity contribution in [3.8, 4) is 0 Å². The average Bonchev–Trinajstić information content (AvgIpc) is 2.33. The minimum Gasteiger partial charge on any atom is -0.147 e. The van der Waals surface area contributed by atoms with E-state index in [1.165, 1.54) is 41.0 Å². The van der Waals surface area contributed by atoms with Crippen LogP contribution in [0.15, 0.2) is 29.8 Å². The fourth-order valence-corrected chi connectivity index (χ4v) is 4.98. The minimum atomic E-state index is 0.783. The molecular weight excluding hydrogens is 244 g/mol. The van der Waals surface area contributed by atoms with Crippen LogP contribution in [0.1, 0.15) is 30.9 Å². The summed E-state index contributed by atoms with van der Waals surface area (Å²) in [6, 6.07) is 8.78. The van der Waals surface area contributed by atoms with Gasteiger partial charge < -0.3 is 0 Å². The van der Waals surface area contributed by atoms with Gasteiger partial charge in [0.1, 0.15) is 0 Å². The van der Waals surface area contributed by atoms with Crippen molar-refractivity contribution >= 4 is 29.6 Å². The maximum atomic E-state index is 2.33. The van der Waals surface area contributed by atoms with Gasteiger partial charge in [0.25, 0.3) is 0 Å². The van der Waals surface area contributed by atoms with E-state index in [0.717, 1.165) is 4.58 Å². The van der Waals surface area contributed by atoms with Crippen LogP contribution in [-0.2, 0) is 0 Å². The lowest BCUT2D eigenvalue weighted by molar-refractivity contribution is 1.03. The molecule has 0 atom stereocenters. The monoisotopic (exact) mass is 264 g/mol. The van der Waals surface area contributed by atoms with E-state index in [1.807, 2.05) is 0 Å². The molecule has 1 heterocycles. The molecule has 0 bridgehead atoms.